The van der Waals surface area contributed by atoms with E-state index in [1.165, 1.54) is 12.1 Å². The molecule has 7 nitrogen and oxygen atoms in total. The molecule has 0 saturated heterocycles. The minimum atomic E-state index is -4.56. The Morgan fingerprint density at radius 1 is 1.00 bits per heavy atom. The molecule has 1 N–H and O–H groups in total. The van der Waals surface area contributed by atoms with Gasteiger partial charge >= 0.3 is 6.18 Å². The van der Waals surface area contributed by atoms with Crippen LogP contribution in [0.15, 0.2) is 65.3 Å². The number of fused-ring (bicyclic) bond motifs is 1. The van der Waals surface area contributed by atoms with Crippen molar-refractivity contribution in [2.45, 2.75) is 13.1 Å². The Hall–Kier alpha value is -4.21. The van der Waals surface area contributed by atoms with E-state index in [0.29, 0.717) is 23.9 Å². The van der Waals surface area contributed by atoms with Crippen LogP contribution in [0.25, 0.3) is 45.2 Å². The van der Waals surface area contributed by atoms with E-state index in [9.17, 15) is 13.2 Å². The van der Waals surface area contributed by atoms with Gasteiger partial charge in [0.2, 0.25) is 5.89 Å². The van der Waals surface area contributed by atoms with E-state index in [0.717, 1.165) is 22.8 Å². The molecular weight excluding hydrogens is 445 g/mol. The summed E-state index contributed by atoms with van der Waals surface area (Å²) in [7, 11) is 1.85. The molecule has 0 atom stereocenters. The number of anilines is 1. The lowest BCUT2D eigenvalue weighted by atomic mass is 9.99. The lowest BCUT2D eigenvalue weighted by Gasteiger charge is -2.12. The summed E-state index contributed by atoms with van der Waals surface area (Å²) in [6.45, 7) is 2.53. The van der Waals surface area contributed by atoms with Crippen LogP contribution in [0.5, 0.6) is 0 Å². The standard InChI is InChI=1S/C24H19F3N6O/c1-3-28-20-12-14(15-7-4-5-8-16(15)22-32-29-13-33(22)2)11-19(30-20)23-31-18-10-6-9-17(21(18)34-23)24(25,26)27/h4-13H,3H2,1-2H3,(H,28,30). The molecule has 2 aromatic carbocycles. The van der Waals surface area contributed by atoms with Crippen molar-refractivity contribution < 1.29 is 17.6 Å². The summed E-state index contributed by atoms with van der Waals surface area (Å²) in [5.41, 5.74) is 1.71. The Labute approximate surface area is 192 Å². The fourth-order valence-electron chi connectivity index (χ4n) is 3.81. The van der Waals surface area contributed by atoms with Crippen molar-refractivity contribution in [3.8, 4) is 34.1 Å². The van der Waals surface area contributed by atoms with Crippen LogP contribution in [-0.2, 0) is 13.2 Å². The van der Waals surface area contributed by atoms with E-state index >= 15 is 0 Å². The van der Waals surface area contributed by atoms with Crippen LogP contribution in [0.2, 0.25) is 0 Å². The summed E-state index contributed by atoms with van der Waals surface area (Å²) in [6.07, 6.45) is -2.94. The predicted octanol–water partition coefficient (Wildman–Crippen LogP) is 5.80. The van der Waals surface area contributed by atoms with Crippen molar-refractivity contribution in [2.75, 3.05) is 11.9 Å². The van der Waals surface area contributed by atoms with E-state index in [1.54, 1.807) is 12.4 Å². The number of halogens is 3. The molecule has 0 amide bonds. The van der Waals surface area contributed by atoms with Gasteiger partial charge in [-0.25, -0.2) is 9.97 Å². The summed E-state index contributed by atoms with van der Waals surface area (Å²) in [5.74, 6) is 1.22. The van der Waals surface area contributed by atoms with E-state index in [4.69, 9.17) is 4.42 Å². The van der Waals surface area contributed by atoms with Gasteiger partial charge in [-0.15, -0.1) is 10.2 Å². The highest BCUT2D eigenvalue weighted by molar-refractivity contribution is 5.84. The molecule has 5 rings (SSSR count). The van der Waals surface area contributed by atoms with Gasteiger partial charge in [0.1, 0.15) is 28.9 Å². The predicted molar refractivity (Wildman–Crippen MR) is 122 cm³/mol. The fraction of sp³-hybridized carbons (Fsp3) is 0.167. The van der Waals surface area contributed by atoms with Crippen molar-refractivity contribution in [2.24, 2.45) is 7.05 Å². The number of aryl methyl sites for hydroxylation is 1. The molecule has 10 heteroatoms. The van der Waals surface area contributed by atoms with Crippen molar-refractivity contribution >= 4 is 16.9 Å². The van der Waals surface area contributed by atoms with Crippen LogP contribution >= 0.6 is 0 Å². The topological polar surface area (TPSA) is 81.7 Å². The third-order valence-electron chi connectivity index (χ3n) is 5.31. The molecule has 0 unspecified atom stereocenters. The number of alkyl halides is 3. The number of hydrogen-bond donors (Lipinski definition) is 1. The number of nitrogens with zero attached hydrogens (tertiary/aromatic N) is 5. The second-order valence-electron chi connectivity index (χ2n) is 7.64. The zero-order valence-corrected chi connectivity index (χ0v) is 18.3. The second kappa shape index (κ2) is 8.29. The first-order valence-corrected chi connectivity index (χ1v) is 10.5. The summed E-state index contributed by atoms with van der Waals surface area (Å²) in [4.78, 5) is 8.83. The first-order chi connectivity index (χ1) is 16.3. The van der Waals surface area contributed by atoms with Gasteiger partial charge in [-0.05, 0) is 42.3 Å². The molecule has 0 aliphatic carbocycles. The first-order valence-electron chi connectivity index (χ1n) is 10.5. The SMILES string of the molecule is CCNc1cc(-c2ccccc2-c2nncn2C)cc(-c2nc3cccc(C(F)(F)F)c3o2)n1. The zero-order chi connectivity index (χ0) is 23.9. The van der Waals surface area contributed by atoms with Crippen LogP contribution in [0.3, 0.4) is 0 Å². The van der Waals surface area contributed by atoms with Gasteiger partial charge < -0.3 is 14.3 Å². The largest absolute Gasteiger partial charge is 0.434 e. The third kappa shape index (κ3) is 3.87. The Morgan fingerprint density at radius 2 is 1.79 bits per heavy atom. The molecule has 0 spiro atoms. The fourth-order valence-corrected chi connectivity index (χ4v) is 3.81. The van der Waals surface area contributed by atoms with E-state index < -0.39 is 11.7 Å². The Morgan fingerprint density at radius 3 is 2.50 bits per heavy atom. The van der Waals surface area contributed by atoms with Crippen molar-refractivity contribution in [3.05, 3.63) is 66.5 Å². The van der Waals surface area contributed by atoms with E-state index in [1.807, 2.05) is 48.9 Å². The highest BCUT2D eigenvalue weighted by Gasteiger charge is 2.34. The maximum absolute atomic E-state index is 13.5. The van der Waals surface area contributed by atoms with E-state index in [-0.39, 0.29) is 17.0 Å². The van der Waals surface area contributed by atoms with Gasteiger partial charge in [0.25, 0.3) is 0 Å². The molecule has 5 aromatic rings. The van der Waals surface area contributed by atoms with Crippen molar-refractivity contribution in [1.29, 1.82) is 0 Å². The number of aromatic nitrogens is 5. The van der Waals surface area contributed by atoms with Crippen LogP contribution in [0, 0.1) is 0 Å². The van der Waals surface area contributed by atoms with Gasteiger partial charge in [-0.1, -0.05) is 30.3 Å². The minimum Gasteiger partial charge on any atom is -0.434 e. The maximum atomic E-state index is 13.5. The third-order valence-corrected chi connectivity index (χ3v) is 5.31. The number of rotatable bonds is 5. The highest BCUT2D eigenvalue weighted by Crippen LogP contribution is 2.38. The lowest BCUT2D eigenvalue weighted by molar-refractivity contribution is -0.136. The van der Waals surface area contributed by atoms with Gasteiger partial charge in [0.15, 0.2) is 11.4 Å². The van der Waals surface area contributed by atoms with E-state index in [2.05, 4.69) is 25.5 Å². The second-order valence-corrected chi connectivity index (χ2v) is 7.64. The molecule has 0 saturated carbocycles. The monoisotopic (exact) mass is 464 g/mol. The molecule has 3 aromatic heterocycles. The molecule has 172 valence electrons. The molecule has 0 aliphatic rings. The highest BCUT2D eigenvalue weighted by atomic mass is 19.4. The maximum Gasteiger partial charge on any atom is 0.420 e. The summed E-state index contributed by atoms with van der Waals surface area (Å²) in [5, 5.41) is 11.4. The smallest absolute Gasteiger partial charge is 0.420 e. The Kier molecular flexibility index (Phi) is 5.27. The number of para-hydroxylation sites is 1. The molecular formula is C24H19F3N6O. The minimum absolute atomic E-state index is 0.00356. The van der Waals surface area contributed by atoms with Gasteiger partial charge in [-0.2, -0.15) is 13.2 Å². The number of hydrogen-bond acceptors (Lipinski definition) is 6. The van der Waals surface area contributed by atoms with Crippen LogP contribution in [0.4, 0.5) is 19.0 Å². The number of oxazole rings is 1. The van der Waals surface area contributed by atoms with Crippen LogP contribution in [-0.4, -0.2) is 31.3 Å². The summed E-state index contributed by atoms with van der Waals surface area (Å²) < 4.78 is 47.8. The van der Waals surface area contributed by atoms with Gasteiger partial charge in [0, 0.05) is 19.2 Å². The first kappa shape index (κ1) is 21.6. The molecule has 0 bridgehead atoms. The van der Waals surface area contributed by atoms with Gasteiger partial charge in [0.05, 0.1) is 0 Å². The van der Waals surface area contributed by atoms with Crippen LogP contribution in [0.1, 0.15) is 12.5 Å². The molecule has 3 heterocycles. The molecule has 0 radical (unpaired) electrons. The quantitative estimate of drug-likeness (QED) is 0.354. The van der Waals surface area contributed by atoms with Crippen molar-refractivity contribution in [1.82, 2.24) is 24.7 Å². The Balaban J connectivity index is 1.69. The van der Waals surface area contributed by atoms with Crippen molar-refractivity contribution in [3.63, 3.8) is 0 Å². The molecule has 34 heavy (non-hydrogen) atoms. The average molecular weight is 464 g/mol. The molecule has 0 aliphatic heterocycles. The Bertz CT molecular complexity index is 1490. The number of benzene rings is 2. The summed E-state index contributed by atoms with van der Waals surface area (Å²) in [6, 6.07) is 15.0. The average Bonchev–Trinajstić information content (AvgIpc) is 3.44. The normalized spacial score (nSPS) is 11.8. The molecule has 0 fully saturated rings. The zero-order valence-electron chi connectivity index (χ0n) is 18.3. The number of nitrogens with one attached hydrogen (secondary N) is 1. The lowest BCUT2D eigenvalue weighted by Crippen LogP contribution is -2.04. The summed E-state index contributed by atoms with van der Waals surface area (Å²) >= 11 is 0. The number of pyridine rings is 1. The van der Waals surface area contributed by atoms with Crippen LogP contribution < -0.4 is 5.32 Å². The van der Waals surface area contributed by atoms with Gasteiger partial charge in [-0.3, -0.25) is 0 Å².